The Balaban J connectivity index is 1.58. The van der Waals surface area contributed by atoms with Crippen molar-refractivity contribution in [3.63, 3.8) is 0 Å². The average Bonchev–Trinajstić information content (AvgIpc) is 3.50. The molecule has 0 spiro atoms. The van der Waals surface area contributed by atoms with Crippen molar-refractivity contribution in [2.24, 2.45) is 0 Å². The molecular weight excluding hydrogens is 394 g/mol. The number of aromatic nitrogens is 1. The summed E-state index contributed by atoms with van der Waals surface area (Å²) in [7, 11) is 0. The lowest BCUT2D eigenvalue weighted by Gasteiger charge is -2.11. The summed E-state index contributed by atoms with van der Waals surface area (Å²) in [6.07, 6.45) is 2.20. The number of rotatable bonds is 3. The second kappa shape index (κ2) is 6.88. The summed E-state index contributed by atoms with van der Waals surface area (Å²) in [6.45, 7) is 0. The number of fused-ring (bicyclic) bond motifs is 1. The summed E-state index contributed by atoms with van der Waals surface area (Å²) in [5.74, 6) is -0.307. The Labute approximate surface area is 158 Å². The van der Waals surface area contributed by atoms with Crippen LogP contribution in [0.15, 0.2) is 59.1 Å². The second-order valence-electron chi connectivity index (χ2n) is 6.27. The molecule has 1 aliphatic carbocycles. The summed E-state index contributed by atoms with van der Waals surface area (Å²) >= 11 is 3.33. The van der Waals surface area contributed by atoms with Crippen molar-refractivity contribution >= 4 is 38.6 Å². The Hall–Kier alpha value is -2.73. The summed E-state index contributed by atoms with van der Waals surface area (Å²) in [6, 6.07) is 16.4. The zero-order valence-electron chi connectivity index (χ0n) is 13.8. The third-order valence-electron chi connectivity index (χ3n) is 4.38. The summed E-state index contributed by atoms with van der Waals surface area (Å²) in [4.78, 5) is 29.7. The van der Waals surface area contributed by atoms with E-state index in [0.29, 0.717) is 21.5 Å². The fourth-order valence-corrected chi connectivity index (χ4v) is 3.33. The number of hydrazine groups is 1. The molecule has 3 aromatic rings. The number of nitrogens with zero attached hydrogens (tertiary/aromatic N) is 1. The smallest absolute Gasteiger partial charge is 0.267 e. The molecule has 1 aliphatic rings. The average molecular weight is 410 g/mol. The normalized spacial score (nSPS) is 13.4. The summed E-state index contributed by atoms with van der Waals surface area (Å²) in [5, 5.41) is 0.768. The van der Waals surface area contributed by atoms with Gasteiger partial charge >= 0.3 is 0 Å². The molecular formula is C20H16BrN3O2. The minimum atomic E-state index is -0.383. The van der Waals surface area contributed by atoms with Gasteiger partial charge in [0.2, 0.25) is 0 Å². The molecule has 2 aromatic carbocycles. The van der Waals surface area contributed by atoms with E-state index in [1.807, 2.05) is 36.4 Å². The number of nitrogens with one attached hydrogen (secondary N) is 2. The number of carbonyl (C=O) groups excluding carboxylic acids is 2. The molecule has 0 aliphatic heterocycles. The van der Waals surface area contributed by atoms with Gasteiger partial charge < -0.3 is 0 Å². The molecule has 0 bridgehead atoms. The molecule has 4 rings (SSSR count). The zero-order chi connectivity index (χ0) is 18.1. The Morgan fingerprint density at radius 1 is 0.923 bits per heavy atom. The van der Waals surface area contributed by atoms with E-state index < -0.39 is 0 Å². The molecule has 2 amide bonds. The van der Waals surface area contributed by atoms with Crippen molar-refractivity contribution in [3.8, 4) is 0 Å². The monoisotopic (exact) mass is 409 g/mol. The van der Waals surface area contributed by atoms with Gasteiger partial charge in [0, 0.05) is 21.5 Å². The fraction of sp³-hybridized carbons (Fsp3) is 0.150. The van der Waals surface area contributed by atoms with Crippen molar-refractivity contribution in [1.29, 1.82) is 0 Å². The molecule has 130 valence electrons. The van der Waals surface area contributed by atoms with E-state index in [9.17, 15) is 9.59 Å². The van der Waals surface area contributed by atoms with Crippen LogP contribution in [0.2, 0.25) is 0 Å². The van der Waals surface area contributed by atoms with Gasteiger partial charge in [-0.1, -0.05) is 30.3 Å². The summed E-state index contributed by atoms with van der Waals surface area (Å²) < 4.78 is 0.664. The Morgan fingerprint density at radius 3 is 2.31 bits per heavy atom. The van der Waals surface area contributed by atoms with Crippen molar-refractivity contribution in [3.05, 3.63) is 75.9 Å². The van der Waals surface area contributed by atoms with E-state index in [4.69, 9.17) is 0 Å². The Kier molecular flexibility index (Phi) is 4.42. The lowest BCUT2D eigenvalue weighted by atomic mass is 10.1. The minimum Gasteiger partial charge on any atom is -0.267 e. The Bertz CT molecular complexity index is 1010. The molecule has 0 atom stereocenters. The van der Waals surface area contributed by atoms with E-state index in [0.717, 1.165) is 29.4 Å². The number of hydrogen-bond donors (Lipinski definition) is 2. The molecule has 0 unspecified atom stereocenters. The molecule has 1 aromatic heterocycles. The highest BCUT2D eigenvalue weighted by Crippen LogP contribution is 2.40. The SMILES string of the molecule is O=C(NNC(=O)c1cc(C2CC2)nc2ccccc12)c1ccccc1Br. The van der Waals surface area contributed by atoms with Crippen LogP contribution in [0.5, 0.6) is 0 Å². The van der Waals surface area contributed by atoms with Gasteiger partial charge in [0.15, 0.2) is 0 Å². The van der Waals surface area contributed by atoms with Crippen LogP contribution in [-0.2, 0) is 0 Å². The predicted octanol–water partition coefficient (Wildman–Crippen LogP) is 3.95. The predicted molar refractivity (Wildman–Crippen MR) is 103 cm³/mol. The van der Waals surface area contributed by atoms with Gasteiger partial charge in [0.25, 0.3) is 11.8 Å². The minimum absolute atomic E-state index is 0.356. The van der Waals surface area contributed by atoms with Crippen molar-refractivity contribution < 1.29 is 9.59 Å². The molecule has 5 nitrogen and oxygen atoms in total. The fourth-order valence-electron chi connectivity index (χ4n) is 2.87. The molecule has 1 fully saturated rings. The number of hydrogen-bond acceptors (Lipinski definition) is 3. The molecule has 0 saturated heterocycles. The van der Waals surface area contributed by atoms with Crippen LogP contribution in [0.3, 0.4) is 0 Å². The van der Waals surface area contributed by atoms with E-state index in [-0.39, 0.29) is 11.8 Å². The van der Waals surface area contributed by atoms with E-state index in [2.05, 4.69) is 31.8 Å². The van der Waals surface area contributed by atoms with Crippen molar-refractivity contribution in [2.45, 2.75) is 18.8 Å². The number of para-hydroxylation sites is 1. The maximum absolute atomic E-state index is 12.7. The highest BCUT2D eigenvalue weighted by atomic mass is 79.9. The van der Waals surface area contributed by atoms with Gasteiger partial charge in [-0.2, -0.15) is 0 Å². The lowest BCUT2D eigenvalue weighted by molar-refractivity contribution is 0.0847. The first-order chi connectivity index (χ1) is 12.6. The topological polar surface area (TPSA) is 71.1 Å². The van der Waals surface area contributed by atoms with E-state index >= 15 is 0 Å². The molecule has 1 saturated carbocycles. The second-order valence-corrected chi connectivity index (χ2v) is 7.13. The zero-order valence-corrected chi connectivity index (χ0v) is 15.4. The van der Waals surface area contributed by atoms with E-state index in [1.165, 1.54) is 0 Å². The standard InChI is InChI=1S/C20H16BrN3O2/c21-16-7-3-1-6-14(16)19(25)23-24-20(26)15-11-18(12-9-10-12)22-17-8-4-2-5-13(15)17/h1-8,11-12H,9-10H2,(H,23,25)(H,24,26). The maximum Gasteiger partial charge on any atom is 0.270 e. The van der Waals surface area contributed by atoms with Gasteiger partial charge in [0.1, 0.15) is 0 Å². The molecule has 2 N–H and O–H groups in total. The first-order valence-electron chi connectivity index (χ1n) is 8.38. The summed E-state index contributed by atoms with van der Waals surface area (Å²) in [5.41, 5.74) is 7.69. The van der Waals surface area contributed by atoms with Crippen molar-refractivity contribution in [1.82, 2.24) is 15.8 Å². The van der Waals surface area contributed by atoms with Crippen LogP contribution in [0.4, 0.5) is 0 Å². The highest BCUT2D eigenvalue weighted by Gasteiger charge is 2.27. The van der Waals surface area contributed by atoms with Gasteiger partial charge in [-0.25, -0.2) is 0 Å². The quantitative estimate of drug-likeness (QED) is 0.643. The highest BCUT2D eigenvalue weighted by molar-refractivity contribution is 9.10. The van der Waals surface area contributed by atoms with Crippen LogP contribution in [-0.4, -0.2) is 16.8 Å². The molecule has 1 heterocycles. The number of benzene rings is 2. The number of pyridine rings is 1. The van der Waals surface area contributed by atoms with Crippen LogP contribution in [0.25, 0.3) is 10.9 Å². The third kappa shape index (κ3) is 3.32. The van der Waals surface area contributed by atoms with Crippen LogP contribution < -0.4 is 10.9 Å². The van der Waals surface area contributed by atoms with Gasteiger partial charge in [-0.15, -0.1) is 0 Å². The number of carbonyl (C=O) groups is 2. The first-order valence-corrected chi connectivity index (χ1v) is 9.17. The molecule has 6 heteroatoms. The number of halogens is 1. The number of amides is 2. The van der Waals surface area contributed by atoms with E-state index in [1.54, 1.807) is 18.2 Å². The Morgan fingerprint density at radius 2 is 1.58 bits per heavy atom. The maximum atomic E-state index is 12.7. The van der Waals surface area contributed by atoms with Gasteiger partial charge in [0.05, 0.1) is 16.6 Å². The van der Waals surface area contributed by atoms with Crippen LogP contribution >= 0.6 is 15.9 Å². The lowest BCUT2D eigenvalue weighted by Crippen LogP contribution is -2.41. The van der Waals surface area contributed by atoms with Crippen LogP contribution in [0, 0.1) is 0 Å². The first kappa shape index (κ1) is 16.7. The molecule has 0 radical (unpaired) electrons. The van der Waals surface area contributed by atoms with Crippen LogP contribution in [0.1, 0.15) is 45.2 Å². The van der Waals surface area contributed by atoms with Crippen molar-refractivity contribution in [2.75, 3.05) is 0 Å². The largest absolute Gasteiger partial charge is 0.270 e. The molecule has 26 heavy (non-hydrogen) atoms. The third-order valence-corrected chi connectivity index (χ3v) is 5.08. The van der Waals surface area contributed by atoms with Gasteiger partial charge in [-0.3, -0.25) is 25.4 Å². The van der Waals surface area contributed by atoms with Gasteiger partial charge in [-0.05, 0) is 53.0 Å².